The quantitative estimate of drug-likeness (QED) is 0.833. The van der Waals surface area contributed by atoms with Gasteiger partial charge in [0, 0.05) is 44.0 Å². The van der Waals surface area contributed by atoms with Crippen molar-refractivity contribution in [3.63, 3.8) is 0 Å². The lowest BCUT2D eigenvalue weighted by atomic mass is 10.1. The molecule has 0 aromatic heterocycles. The molecule has 1 saturated heterocycles. The third kappa shape index (κ3) is 5.12. The molecule has 0 radical (unpaired) electrons. The fraction of sp³-hybridized carbons (Fsp3) is 0.435. The van der Waals surface area contributed by atoms with E-state index in [9.17, 15) is 4.79 Å². The number of ether oxygens (including phenoxy) is 1. The van der Waals surface area contributed by atoms with Gasteiger partial charge in [-0.15, -0.1) is 0 Å². The summed E-state index contributed by atoms with van der Waals surface area (Å²) in [5.41, 5.74) is 5.62. The van der Waals surface area contributed by atoms with Crippen molar-refractivity contribution in [3.05, 3.63) is 58.7 Å². The highest BCUT2D eigenvalue weighted by molar-refractivity contribution is 5.93. The third-order valence-electron chi connectivity index (χ3n) is 5.41. The summed E-state index contributed by atoms with van der Waals surface area (Å²) >= 11 is 0. The molecule has 1 amide bonds. The van der Waals surface area contributed by atoms with Gasteiger partial charge in [0.2, 0.25) is 5.91 Å². The van der Waals surface area contributed by atoms with Crippen molar-refractivity contribution < 1.29 is 9.53 Å². The summed E-state index contributed by atoms with van der Waals surface area (Å²) < 4.78 is 5.50. The number of aryl methyl sites for hydroxylation is 3. The molecule has 5 nitrogen and oxygen atoms in total. The number of nitrogens with one attached hydrogen (secondary N) is 1. The maximum atomic E-state index is 12.5. The van der Waals surface area contributed by atoms with Gasteiger partial charge in [0.25, 0.3) is 0 Å². The molecule has 1 aliphatic heterocycles. The number of benzene rings is 2. The smallest absolute Gasteiger partial charge is 0.238 e. The lowest BCUT2D eigenvalue weighted by molar-refractivity contribution is -0.117. The molecular formula is C23H31N3O2. The average molecular weight is 382 g/mol. The minimum Gasteiger partial charge on any atom is -0.496 e. The summed E-state index contributed by atoms with van der Waals surface area (Å²) in [6.07, 6.45) is 0. The molecule has 0 atom stereocenters. The minimum absolute atomic E-state index is 0.0613. The van der Waals surface area contributed by atoms with Crippen LogP contribution in [-0.4, -0.2) is 55.5 Å². The van der Waals surface area contributed by atoms with Crippen molar-refractivity contribution in [2.45, 2.75) is 27.3 Å². The summed E-state index contributed by atoms with van der Waals surface area (Å²) in [6, 6.07) is 12.4. The normalized spacial score (nSPS) is 15.4. The van der Waals surface area contributed by atoms with E-state index in [0.717, 1.165) is 55.3 Å². The van der Waals surface area contributed by atoms with Gasteiger partial charge in [0.1, 0.15) is 5.75 Å². The Balaban J connectivity index is 1.50. The number of carbonyl (C=O) groups is 1. The molecule has 1 fully saturated rings. The molecule has 3 rings (SSSR count). The van der Waals surface area contributed by atoms with Gasteiger partial charge in [-0.25, -0.2) is 0 Å². The second-order valence-corrected chi connectivity index (χ2v) is 7.68. The molecule has 5 heteroatoms. The van der Waals surface area contributed by atoms with E-state index < -0.39 is 0 Å². The first-order chi connectivity index (χ1) is 13.5. The summed E-state index contributed by atoms with van der Waals surface area (Å²) in [6.45, 7) is 11.2. The Morgan fingerprint density at radius 1 is 1.00 bits per heavy atom. The van der Waals surface area contributed by atoms with Crippen molar-refractivity contribution in [2.24, 2.45) is 0 Å². The maximum Gasteiger partial charge on any atom is 0.238 e. The monoisotopic (exact) mass is 381 g/mol. The van der Waals surface area contributed by atoms with E-state index in [1.54, 1.807) is 7.11 Å². The van der Waals surface area contributed by atoms with Crippen LogP contribution in [0.25, 0.3) is 0 Å². The molecule has 2 aromatic carbocycles. The number of nitrogens with zero attached hydrogens (tertiary/aromatic N) is 2. The lowest BCUT2D eigenvalue weighted by Gasteiger charge is -2.34. The Bertz CT molecular complexity index is 806. The molecule has 2 aromatic rings. The highest BCUT2D eigenvalue weighted by atomic mass is 16.5. The van der Waals surface area contributed by atoms with E-state index in [1.807, 2.05) is 38.1 Å². The first kappa shape index (κ1) is 20.4. The van der Waals surface area contributed by atoms with E-state index in [-0.39, 0.29) is 5.91 Å². The second-order valence-electron chi connectivity index (χ2n) is 7.68. The van der Waals surface area contributed by atoms with Crippen LogP contribution in [0.4, 0.5) is 5.69 Å². The topological polar surface area (TPSA) is 44.8 Å². The molecule has 1 aliphatic rings. The van der Waals surface area contributed by atoms with Gasteiger partial charge in [-0.2, -0.15) is 0 Å². The van der Waals surface area contributed by atoms with Crippen LogP contribution >= 0.6 is 0 Å². The predicted molar refractivity (Wildman–Crippen MR) is 114 cm³/mol. The van der Waals surface area contributed by atoms with Crippen LogP contribution in [-0.2, 0) is 11.3 Å². The molecule has 1 N–H and O–H groups in total. The number of carbonyl (C=O) groups excluding carboxylic acids is 1. The fourth-order valence-electron chi connectivity index (χ4n) is 3.77. The van der Waals surface area contributed by atoms with Gasteiger partial charge in [0.05, 0.1) is 13.7 Å². The Morgan fingerprint density at radius 3 is 2.29 bits per heavy atom. The highest BCUT2D eigenvalue weighted by Crippen LogP contribution is 2.22. The van der Waals surface area contributed by atoms with E-state index in [0.29, 0.717) is 6.54 Å². The Kier molecular flexibility index (Phi) is 6.70. The Labute approximate surface area is 168 Å². The maximum absolute atomic E-state index is 12.5. The first-order valence-electron chi connectivity index (χ1n) is 9.90. The number of methoxy groups -OCH3 is 1. The molecule has 28 heavy (non-hydrogen) atoms. The molecule has 0 saturated carbocycles. The first-order valence-corrected chi connectivity index (χ1v) is 9.90. The van der Waals surface area contributed by atoms with Crippen molar-refractivity contribution in [1.82, 2.24) is 9.80 Å². The van der Waals surface area contributed by atoms with Crippen LogP contribution in [0, 0.1) is 20.8 Å². The summed E-state index contributed by atoms with van der Waals surface area (Å²) in [5, 5.41) is 3.09. The Hall–Kier alpha value is -2.37. The lowest BCUT2D eigenvalue weighted by Crippen LogP contribution is -2.48. The van der Waals surface area contributed by atoms with Crippen LogP contribution in [0.1, 0.15) is 22.3 Å². The van der Waals surface area contributed by atoms with Gasteiger partial charge < -0.3 is 10.1 Å². The van der Waals surface area contributed by atoms with Crippen molar-refractivity contribution >= 4 is 11.6 Å². The highest BCUT2D eigenvalue weighted by Gasteiger charge is 2.20. The zero-order valence-corrected chi connectivity index (χ0v) is 17.4. The molecule has 0 bridgehead atoms. The SMILES string of the molecule is COc1ccc(C)cc1CN1CCN(CC(=O)Nc2c(C)cccc2C)CC1. The van der Waals surface area contributed by atoms with Gasteiger partial charge >= 0.3 is 0 Å². The predicted octanol–water partition coefficient (Wildman–Crippen LogP) is 3.38. The van der Waals surface area contributed by atoms with E-state index >= 15 is 0 Å². The molecule has 1 heterocycles. The number of anilines is 1. The molecular weight excluding hydrogens is 350 g/mol. The number of hydrogen-bond donors (Lipinski definition) is 1. The van der Waals surface area contributed by atoms with Gasteiger partial charge in [-0.3, -0.25) is 14.6 Å². The van der Waals surface area contributed by atoms with Gasteiger partial charge in [0.15, 0.2) is 0 Å². The minimum atomic E-state index is 0.0613. The molecule has 0 unspecified atom stereocenters. The number of rotatable bonds is 6. The number of para-hydroxylation sites is 1. The summed E-state index contributed by atoms with van der Waals surface area (Å²) in [5.74, 6) is 1.01. The standard InChI is InChI=1S/C23H31N3O2/c1-17-8-9-21(28-4)20(14-17)15-25-10-12-26(13-11-25)16-22(27)24-23-18(2)6-5-7-19(23)3/h5-9,14H,10-13,15-16H2,1-4H3,(H,24,27). The van der Waals surface area contributed by atoms with Gasteiger partial charge in [-0.05, 0) is 38.0 Å². The van der Waals surface area contributed by atoms with Crippen molar-refractivity contribution in [2.75, 3.05) is 45.2 Å². The van der Waals surface area contributed by atoms with E-state index in [4.69, 9.17) is 4.74 Å². The fourth-order valence-corrected chi connectivity index (χ4v) is 3.77. The van der Waals surface area contributed by atoms with Crippen molar-refractivity contribution in [1.29, 1.82) is 0 Å². The summed E-state index contributed by atoms with van der Waals surface area (Å²) in [7, 11) is 1.72. The molecule has 150 valence electrons. The van der Waals surface area contributed by atoms with Crippen LogP contribution in [0.15, 0.2) is 36.4 Å². The van der Waals surface area contributed by atoms with Crippen LogP contribution in [0.3, 0.4) is 0 Å². The van der Waals surface area contributed by atoms with Crippen LogP contribution in [0.5, 0.6) is 5.75 Å². The zero-order valence-electron chi connectivity index (χ0n) is 17.4. The Morgan fingerprint density at radius 2 is 1.64 bits per heavy atom. The largest absolute Gasteiger partial charge is 0.496 e. The van der Waals surface area contributed by atoms with Crippen molar-refractivity contribution in [3.8, 4) is 5.75 Å². The third-order valence-corrected chi connectivity index (χ3v) is 5.41. The zero-order chi connectivity index (χ0) is 20.1. The summed E-state index contributed by atoms with van der Waals surface area (Å²) in [4.78, 5) is 17.2. The second kappa shape index (κ2) is 9.22. The molecule has 0 spiro atoms. The van der Waals surface area contributed by atoms with E-state index in [2.05, 4.69) is 34.2 Å². The number of amides is 1. The van der Waals surface area contributed by atoms with Gasteiger partial charge in [-0.1, -0.05) is 35.9 Å². The van der Waals surface area contributed by atoms with Crippen LogP contribution in [0.2, 0.25) is 0 Å². The average Bonchev–Trinajstić information content (AvgIpc) is 2.67. The number of hydrogen-bond acceptors (Lipinski definition) is 4. The molecule has 0 aliphatic carbocycles. The number of piperazine rings is 1. The van der Waals surface area contributed by atoms with E-state index in [1.165, 1.54) is 11.1 Å². The van der Waals surface area contributed by atoms with Crippen LogP contribution < -0.4 is 10.1 Å².